The van der Waals surface area contributed by atoms with E-state index < -0.39 is 5.54 Å². The van der Waals surface area contributed by atoms with Crippen molar-refractivity contribution in [2.75, 3.05) is 22.6 Å². The van der Waals surface area contributed by atoms with Crippen molar-refractivity contribution in [3.8, 4) is 11.4 Å². The second-order valence-electron chi connectivity index (χ2n) is 10.8. The van der Waals surface area contributed by atoms with Crippen molar-refractivity contribution in [2.24, 2.45) is 0 Å². The molecule has 214 valence electrons. The smallest absolute Gasteiger partial charge is 0.261 e. The fourth-order valence-electron chi connectivity index (χ4n) is 6.23. The third-order valence-corrected chi connectivity index (χ3v) is 8.31. The van der Waals surface area contributed by atoms with Crippen molar-refractivity contribution in [3.63, 3.8) is 0 Å². The summed E-state index contributed by atoms with van der Waals surface area (Å²) in [5.74, 6) is -0.538. The number of benzene rings is 3. The molecule has 3 aromatic carbocycles. The Kier molecular flexibility index (Phi) is 6.59. The van der Waals surface area contributed by atoms with Gasteiger partial charge < -0.3 is 19.9 Å². The number of nitrogens with zero attached hydrogens (tertiary/aromatic N) is 2. The van der Waals surface area contributed by atoms with Gasteiger partial charge in [-0.25, -0.2) is 0 Å². The van der Waals surface area contributed by atoms with Gasteiger partial charge in [-0.3, -0.25) is 19.3 Å². The number of carbonyl (C=O) groups is 3. The molecule has 0 aliphatic carbocycles. The molecule has 8 nitrogen and oxygen atoms in total. The number of carbonyl (C=O) groups excluding carboxylic acids is 3. The Balaban J connectivity index is 1.72. The molecular formula is C32H28Cl2N4O4. The number of amides is 3. The van der Waals surface area contributed by atoms with Crippen LogP contribution in [-0.2, 0) is 15.1 Å². The van der Waals surface area contributed by atoms with Crippen LogP contribution in [-0.4, -0.2) is 29.4 Å². The number of hydrogen-bond donors (Lipinski definition) is 2. The van der Waals surface area contributed by atoms with Crippen LogP contribution in [0, 0.1) is 6.92 Å². The third kappa shape index (κ3) is 3.93. The molecule has 4 aromatic rings. The van der Waals surface area contributed by atoms with Gasteiger partial charge in [0.15, 0.2) is 5.54 Å². The van der Waals surface area contributed by atoms with Crippen LogP contribution in [0.4, 0.5) is 17.1 Å². The summed E-state index contributed by atoms with van der Waals surface area (Å²) in [6.07, 6.45) is 1.76. The van der Waals surface area contributed by atoms with Crippen LogP contribution in [0.25, 0.3) is 5.69 Å². The molecule has 1 atom stereocenters. The van der Waals surface area contributed by atoms with E-state index in [9.17, 15) is 14.4 Å². The van der Waals surface area contributed by atoms with Crippen molar-refractivity contribution in [3.05, 3.63) is 98.8 Å². The van der Waals surface area contributed by atoms with Crippen LogP contribution in [0.3, 0.4) is 0 Å². The molecule has 2 aliphatic heterocycles. The van der Waals surface area contributed by atoms with Crippen LogP contribution >= 0.6 is 23.2 Å². The SMILES string of the molecule is COc1ccc(NC(C)=O)cc1-n1cc2c(c1C(C)C)C1(C(=O)Nc3cc(Cl)ccc31)N(c1cc(Cl)ccc1C)C2=O. The standard InChI is InChI=1S/C32H28Cl2N4O4/c1-16(2)29-28-22(15-37(29)26-14-21(35-18(4)39)9-11-27(26)42-5)30(40)38(25-13-20(34)7-6-17(25)3)32(28)23-10-8-19(33)12-24(23)36-31(32)41/h6-16H,1-5H3,(H,35,39)(H,36,41). The number of nitrogens with one attached hydrogen (secondary N) is 2. The molecule has 0 fully saturated rings. The van der Waals surface area contributed by atoms with Crippen molar-refractivity contribution in [1.82, 2.24) is 4.57 Å². The summed E-state index contributed by atoms with van der Waals surface area (Å²) in [5, 5.41) is 6.72. The minimum absolute atomic E-state index is 0.142. The molecule has 0 saturated heterocycles. The summed E-state index contributed by atoms with van der Waals surface area (Å²) in [6, 6.07) is 15.8. The molecule has 2 N–H and O–H groups in total. The van der Waals surface area contributed by atoms with Crippen LogP contribution in [0.2, 0.25) is 10.0 Å². The highest BCUT2D eigenvalue weighted by atomic mass is 35.5. The van der Waals surface area contributed by atoms with E-state index >= 15 is 0 Å². The molecule has 1 aromatic heterocycles. The lowest BCUT2D eigenvalue weighted by atomic mass is 9.81. The molecule has 10 heteroatoms. The quantitative estimate of drug-likeness (QED) is 0.256. The number of anilines is 3. The Morgan fingerprint density at radius 2 is 1.71 bits per heavy atom. The first-order valence-corrected chi connectivity index (χ1v) is 14.2. The summed E-state index contributed by atoms with van der Waals surface area (Å²) >= 11 is 12.8. The van der Waals surface area contributed by atoms with E-state index in [-0.39, 0.29) is 23.6 Å². The Hall–Kier alpha value is -4.27. The molecule has 1 spiro atoms. The minimum Gasteiger partial charge on any atom is -0.495 e. The summed E-state index contributed by atoms with van der Waals surface area (Å²) < 4.78 is 7.60. The molecule has 0 bridgehead atoms. The average Bonchev–Trinajstić information content (AvgIpc) is 3.53. The lowest BCUT2D eigenvalue weighted by Gasteiger charge is -2.36. The van der Waals surface area contributed by atoms with E-state index in [1.165, 1.54) is 6.92 Å². The number of hydrogen-bond acceptors (Lipinski definition) is 4. The van der Waals surface area contributed by atoms with Gasteiger partial charge in [0.2, 0.25) is 5.91 Å². The van der Waals surface area contributed by atoms with E-state index in [1.807, 2.05) is 31.4 Å². The van der Waals surface area contributed by atoms with Gasteiger partial charge in [0, 0.05) is 51.4 Å². The predicted octanol–water partition coefficient (Wildman–Crippen LogP) is 7.04. The average molecular weight is 604 g/mol. The summed E-state index contributed by atoms with van der Waals surface area (Å²) in [5.41, 5.74) is 3.82. The number of methoxy groups -OCH3 is 1. The van der Waals surface area contributed by atoms with E-state index in [1.54, 1.807) is 66.7 Å². The zero-order chi connectivity index (χ0) is 30.1. The maximum absolute atomic E-state index is 14.6. The van der Waals surface area contributed by atoms with Crippen molar-refractivity contribution >= 4 is 58.0 Å². The maximum Gasteiger partial charge on any atom is 0.261 e. The second kappa shape index (κ2) is 9.93. The van der Waals surface area contributed by atoms with Gasteiger partial charge in [0.25, 0.3) is 11.8 Å². The number of rotatable bonds is 5. The number of aromatic nitrogens is 1. The first-order chi connectivity index (χ1) is 20.0. The predicted molar refractivity (Wildman–Crippen MR) is 165 cm³/mol. The highest BCUT2D eigenvalue weighted by molar-refractivity contribution is 6.32. The van der Waals surface area contributed by atoms with Gasteiger partial charge in [0.1, 0.15) is 5.75 Å². The molecule has 6 rings (SSSR count). The molecule has 0 saturated carbocycles. The molecule has 42 heavy (non-hydrogen) atoms. The zero-order valence-corrected chi connectivity index (χ0v) is 25.1. The first-order valence-electron chi connectivity index (χ1n) is 13.4. The topological polar surface area (TPSA) is 92.7 Å². The van der Waals surface area contributed by atoms with Gasteiger partial charge in [-0.1, -0.05) is 49.2 Å². The molecule has 3 heterocycles. The fourth-order valence-corrected chi connectivity index (χ4v) is 6.57. The third-order valence-electron chi connectivity index (χ3n) is 7.84. The monoisotopic (exact) mass is 602 g/mol. The molecule has 2 aliphatic rings. The summed E-state index contributed by atoms with van der Waals surface area (Å²) in [4.78, 5) is 42.4. The summed E-state index contributed by atoms with van der Waals surface area (Å²) in [7, 11) is 1.56. The molecular weight excluding hydrogens is 575 g/mol. The maximum atomic E-state index is 14.6. The van der Waals surface area contributed by atoms with Crippen LogP contribution < -0.4 is 20.3 Å². The van der Waals surface area contributed by atoms with Gasteiger partial charge in [-0.2, -0.15) is 0 Å². The Morgan fingerprint density at radius 3 is 2.40 bits per heavy atom. The van der Waals surface area contributed by atoms with Crippen molar-refractivity contribution in [2.45, 2.75) is 39.2 Å². The van der Waals surface area contributed by atoms with Crippen LogP contribution in [0.15, 0.2) is 60.8 Å². The Bertz CT molecular complexity index is 1830. The van der Waals surface area contributed by atoms with E-state index in [2.05, 4.69) is 10.6 Å². The fraction of sp³-hybridized carbons (Fsp3) is 0.219. The van der Waals surface area contributed by atoms with Crippen LogP contribution in [0.5, 0.6) is 5.75 Å². The van der Waals surface area contributed by atoms with E-state index in [0.717, 1.165) is 11.3 Å². The van der Waals surface area contributed by atoms with Crippen molar-refractivity contribution < 1.29 is 19.1 Å². The normalized spacial score (nSPS) is 17.1. The van der Waals surface area contributed by atoms with Gasteiger partial charge >= 0.3 is 0 Å². The largest absolute Gasteiger partial charge is 0.495 e. The van der Waals surface area contributed by atoms with Crippen molar-refractivity contribution in [1.29, 1.82) is 0 Å². The molecule has 1 unspecified atom stereocenters. The number of fused-ring (bicyclic) bond motifs is 4. The lowest BCUT2D eigenvalue weighted by molar-refractivity contribution is -0.119. The summed E-state index contributed by atoms with van der Waals surface area (Å²) in [6.45, 7) is 7.34. The number of aryl methyl sites for hydroxylation is 1. The van der Waals surface area contributed by atoms with E-state index in [0.29, 0.717) is 55.2 Å². The Labute approximate surface area is 253 Å². The van der Waals surface area contributed by atoms with Gasteiger partial charge in [-0.05, 0) is 60.9 Å². The number of halogens is 2. The van der Waals surface area contributed by atoms with E-state index in [4.69, 9.17) is 27.9 Å². The van der Waals surface area contributed by atoms with Gasteiger partial charge in [-0.15, -0.1) is 0 Å². The number of ether oxygens (including phenoxy) is 1. The lowest BCUT2D eigenvalue weighted by Crippen LogP contribution is -2.51. The van der Waals surface area contributed by atoms with Gasteiger partial charge in [0.05, 0.1) is 24.0 Å². The molecule has 3 amide bonds. The highest BCUT2D eigenvalue weighted by Gasteiger charge is 2.63. The zero-order valence-electron chi connectivity index (χ0n) is 23.6. The van der Waals surface area contributed by atoms with Crippen LogP contribution in [0.1, 0.15) is 59.4 Å². The molecule has 0 radical (unpaired) electrons. The second-order valence-corrected chi connectivity index (χ2v) is 11.7. The first kappa shape index (κ1) is 27.9. The Morgan fingerprint density at radius 1 is 1.00 bits per heavy atom. The highest BCUT2D eigenvalue weighted by Crippen LogP contribution is 2.56. The minimum atomic E-state index is -1.53.